The molecule has 41 nitrogen and oxygen atoms in total. The first-order chi connectivity index (χ1) is 60.1. The van der Waals surface area contributed by atoms with Crippen molar-refractivity contribution in [1.82, 2.24) is 31.9 Å². The zero-order valence-electron chi connectivity index (χ0n) is 66.9. The number of carboxylic acid groups (broad SMARTS) is 1. The van der Waals surface area contributed by atoms with Crippen molar-refractivity contribution in [2.24, 2.45) is 11.5 Å². The fourth-order valence-corrected chi connectivity index (χ4v) is 16.2. The monoisotopic (exact) mass is 1780 g/mol. The van der Waals surface area contributed by atoms with Gasteiger partial charge in [-0.05, 0) is 114 Å². The Hall–Kier alpha value is -11.1. The number of nitrogens with two attached hydrogens (primary N) is 2. The first-order valence-electron chi connectivity index (χ1n) is 39.8. The molecule has 42 heteroatoms. The van der Waals surface area contributed by atoms with E-state index in [4.69, 9.17) is 75.2 Å². The predicted molar refractivity (Wildman–Crippen MR) is 427 cm³/mol. The normalized spacial score (nSPS) is 32.6. The number of aromatic hydroxyl groups is 3. The number of benzene rings is 7. The number of aliphatic hydroxyl groups excluding tert-OH is 11. The third kappa shape index (κ3) is 19.0. The smallest absolute Gasteiger partial charge is 0.330 e. The first-order valence-corrected chi connectivity index (χ1v) is 40.1. The average molecular weight is 1780 g/mol. The highest BCUT2D eigenvalue weighted by molar-refractivity contribution is 6.32. The minimum Gasteiger partial charge on any atom is -0.508 e. The van der Waals surface area contributed by atoms with E-state index in [-0.39, 0.29) is 34.6 Å². The lowest BCUT2D eigenvalue weighted by molar-refractivity contribution is -0.354. The van der Waals surface area contributed by atoms with E-state index in [1.54, 1.807) is 37.3 Å². The van der Waals surface area contributed by atoms with Crippen LogP contribution in [0.5, 0.6) is 51.7 Å². The van der Waals surface area contributed by atoms with Gasteiger partial charge in [0.15, 0.2) is 36.2 Å². The second kappa shape index (κ2) is 38.2. The first kappa shape index (κ1) is 91.1. The van der Waals surface area contributed by atoms with E-state index in [9.17, 15) is 86.2 Å². The molecule has 4 saturated heterocycles. The van der Waals surface area contributed by atoms with Gasteiger partial charge in [0, 0.05) is 48.8 Å². The molecule has 4 fully saturated rings. The number of carbonyl (C=O) groups excluding carboxylic acids is 6. The number of halogens is 1. The second-order valence-electron chi connectivity index (χ2n) is 31.2. The molecule has 674 valence electrons. The Morgan fingerprint density at radius 2 is 1.19 bits per heavy atom. The summed E-state index contributed by atoms with van der Waals surface area (Å²) in [5, 5.41) is 184. The van der Waals surface area contributed by atoms with Gasteiger partial charge in [0.2, 0.25) is 53.8 Å². The molecule has 0 aliphatic carbocycles. The molecule has 28 atom stereocenters. The number of aliphatic carboxylic acids is 1. The zero-order valence-corrected chi connectivity index (χ0v) is 67.6. The van der Waals surface area contributed by atoms with E-state index in [0.29, 0.717) is 5.56 Å². The highest BCUT2D eigenvalue weighted by Gasteiger charge is 2.53. The topological polar surface area (TPSA) is 649 Å². The molecule has 16 rings (SSSR count). The Morgan fingerprint density at radius 3 is 1.86 bits per heavy atom. The Morgan fingerprint density at radius 1 is 0.563 bits per heavy atom. The molecule has 1 unspecified atom stereocenters. The van der Waals surface area contributed by atoms with Crippen molar-refractivity contribution in [3.8, 4) is 62.9 Å². The van der Waals surface area contributed by atoms with Gasteiger partial charge in [-0.2, -0.15) is 0 Å². The maximum atomic E-state index is 16.8. The van der Waals surface area contributed by atoms with Gasteiger partial charge in [0.1, 0.15) is 144 Å². The summed E-state index contributed by atoms with van der Waals surface area (Å²) in [6.07, 6.45) is -37.5. The summed E-state index contributed by atoms with van der Waals surface area (Å²) in [5.41, 5.74) is 10.6. The highest BCUT2D eigenvalue weighted by Crippen LogP contribution is 2.50. The number of hydrogen-bond donors (Lipinski definition) is 23. The lowest BCUT2D eigenvalue weighted by Gasteiger charge is -2.45. The summed E-state index contributed by atoms with van der Waals surface area (Å²) in [7, 11) is 1.37. The molecule has 7 aromatic carbocycles. The number of nitrogens with one attached hydrogen (secondary N) is 6. The van der Waals surface area contributed by atoms with Gasteiger partial charge in [0.25, 0.3) is 0 Å². The van der Waals surface area contributed by atoms with E-state index in [1.807, 2.05) is 0 Å². The van der Waals surface area contributed by atoms with Crippen LogP contribution < -0.4 is 62.3 Å². The van der Waals surface area contributed by atoms with Crippen LogP contribution in [0.3, 0.4) is 0 Å². The molecule has 9 heterocycles. The van der Waals surface area contributed by atoms with Gasteiger partial charge in [-0.3, -0.25) is 28.8 Å². The van der Waals surface area contributed by atoms with Gasteiger partial charge in [-0.1, -0.05) is 78.3 Å². The fraction of sp³-hybridized carbons (Fsp3) is 0.417. The maximum absolute atomic E-state index is 16.8. The van der Waals surface area contributed by atoms with Crippen LogP contribution in [0.2, 0.25) is 5.02 Å². The van der Waals surface area contributed by atoms with Crippen LogP contribution in [0.25, 0.3) is 11.1 Å². The third-order valence-corrected chi connectivity index (χ3v) is 23.1. The summed E-state index contributed by atoms with van der Waals surface area (Å²) < 4.78 is 69.1. The molecule has 0 saturated carbocycles. The highest BCUT2D eigenvalue weighted by atomic mass is 35.5. The zero-order chi connectivity index (χ0) is 90.3. The minimum atomic E-state index is -2.44. The van der Waals surface area contributed by atoms with Gasteiger partial charge in [0.05, 0.1) is 36.5 Å². The average Bonchev–Trinajstić information content (AvgIpc) is 0.753. The van der Waals surface area contributed by atoms with Crippen molar-refractivity contribution >= 4 is 53.0 Å². The number of ether oxygens (including phenoxy) is 11. The number of phenols is 3. The molecule has 25 N–H and O–H groups in total. The molecule has 7 aromatic rings. The summed E-state index contributed by atoms with van der Waals surface area (Å²) >= 11 is 7.44. The number of aliphatic hydroxyl groups is 11. The van der Waals surface area contributed by atoms with Crippen molar-refractivity contribution in [1.29, 1.82) is 0 Å². The fourth-order valence-electron chi connectivity index (χ4n) is 15.9. The predicted octanol–water partition coefficient (Wildman–Crippen LogP) is -1.82. The van der Waals surface area contributed by atoms with Crippen molar-refractivity contribution in [2.75, 3.05) is 20.3 Å². The van der Waals surface area contributed by atoms with Gasteiger partial charge >= 0.3 is 5.97 Å². The van der Waals surface area contributed by atoms with E-state index in [2.05, 4.69) is 31.9 Å². The van der Waals surface area contributed by atoms with Gasteiger partial charge in [-0.15, -0.1) is 0 Å². The van der Waals surface area contributed by atoms with Crippen LogP contribution in [0.15, 0.2) is 140 Å². The molecule has 11 bridgehead atoms. The van der Waals surface area contributed by atoms with E-state index in [1.165, 1.54) is 74.7 Å². The van der Waals surface area contributed by atoms with Crippen molar-refractivity contribution in [2.45, 2.75) is 198 Å². The number of rotatable bonds is 17. The van der Waals surface area contributed by atoms with Crippen LogP contribution in [0, 0.1) is 0 Å². The number of phenolic OH excluding ortho intramolecular Hbond substituents is 3. The summed E-state index contributed by atoms with van der Waals surface area (Å²) in [5.74, 6) is -15.1. The molecular formula is C84H93ClN8O33. The van der Waals surface area contributed by atoms with Crippen molar-refractivity contribution < 1.29 is 162 Å². The number of carbonyl (C=O) groups is 7. The summed E-state index contributed by atoms with van der Waals surface area (Å²) in [6, 6.07) is 12.4. The van der Waals surface area contributed by atoms with Crippen LogP contribution in [-0.2, 0) is 73.1 Å². The molecule has 0 aromatic heterocycles. The molecule has 9 aliphatic heterocycles. The van der Waals surface area contributed by atoms with Crippen LogP contribution in [-0.4, -0.2) is 273 Å². The Balaban J connectivity index is 1.01. The van der Waals surface area contributed by atoms with Crippen LogP contribution in [0.4, 0.5) is 0 Å². The van der Waals surface area contributed by atoms with Crippen LogP contribution >= 0.6 is 11.6 Å². The summed E-state index contributed by atoms with van der Waals surface area (Å²) in [4.78, 5) is 110. The Bertz CT molecular complexity index is 5150. The van der Waals surface area contributed by atoms with Crippen LogP contribution in [0.1, 0.15) is 95.6 Å². The molecule has 6 amide bonds. The van der Waals surface area contributed by atoms with Crippen molar-refractivity contribution in [3.63, 3.8) is 0 Å². The second-order valence-corrected chi connectivity index (χ2v) is 31.7. The van der Waals surface area contributed by atoms with Gasteiger partial charge < -0.3 is 172 Å². The Labute approximate surface area is 720 Å². The van der Waals surface area contributed by atoms with Gasteiger partial charge in [-0.25, -0.2) is 4.79 Å². The lowest BCUT2D eigenvalue weighted by Crippen LogP contribution is -2.64. The van der Waals surface area contributed by atoms with E-state index in [0.717, 1.165) is 48.5 Å². The molecule has 126 heavy (non-hydrogen) atoms. The largest absolute Gasteiger partial charge is 0.508 e. The van der Waals surface area contributed by atoms with E-state index >= 15 is 24.0 Å². The molecule has 0 spiro atoms. The SMILES string of the molecule is CO[C@H]1[C@H](C)O[C@H](O[C@H]2c3ccc(c(Cl)c3)Oc3cc4cc(c3O[C@@H]3O[C@@H](CO)[C@@H](O)[C@H](O)[C@H]3O[C@@H]3O[C@H](C)[C@H](O)[C@@H](O)[C@H]3O)Oc3ccc(cc3)[C@@H](O)[C@@H](NC(=O)[C@@H](N)c3ccc(O)cc3)C(=O)N[C@@H](Cc3ccccc3)C(=O)N[C@H]4C(=O)N[C@@H]3C(=O)NC2C(=O)N[C@H](C(=O)O)c2cc(O)cc(O[C@H]4O[C@H](CO)[C@@H](O)[C@H](O)[C@@H]4O)c2-c2cc3ccc2O)C[C@@H]1N. The maximum Gasteiger partial charge on any atom is 0.330 e. The molecule has 0 radical (unpaired) electrons. The number of carboxylic acids is 1. The molecular weight excluding hydrogens is 1680 g/mol. The number of hydrogen-bond acceptors (Lipinski definition) is 34. The standard InChI is InChI=1S/C84H93ClN8O33/c1-31-62(99)66(103)69(106)82(118-31)126-74-68(105)65(102)53(30-95)123-84(74)125-73-50-24-38-25-51(73)120-48-20-14-37(23-44(48)85)72(124-54-28-45(86)71(116-3)32(2)117-54)61-80(113)91-59(81(114)115)43-26-40(97)27-49(121-83-70(107)67(104)64(101)52(29-94)122-83)55(43)42-22-36(13-19-47(42)98)57(77(110)93-61)90-78(111)58(38)89-75(108)46(21-33-7-5-4-6-8-33)88-79(112)60(63(100)35-11-17-41(119-50)18-12-35)92-76(109)56(87)34-9-15-39(96)16-10-34/h4-20,22-27,31-32,45-46,52-54,56-72,74,82-84,94-107H,21,28-30,86-87H2,1-3H3,(H,88,112)(H,89,108)(H,90,111)(H,91,113)(H,92,109)(H,93,110)(H,114,115)/t31-,32+,45+,46+,52-,53+,54-,56+,57+,58-,59+,60-,61?,62+,63-,64-,65-,66-,67+,68+,69-,70+,71+,72+,74-,82+,83+,84+/m1/s1. The summed E-state index contributed by atoms with van der Waals surface area (Å²) in [6.45, 7) is 0.844. The van der Waals surface area contributed by atoms with E-state index < -0.39 is 305 Å². The lowest BCUT2D eigenvalue weighted by atomic mass is 9.89. The number of amides is 6. The quantitative estimate of drug-likeness (QED) is 0.0477. The number of methoxy groups -OCH3 is 1. The minimum absolute atomic E-state index is 0.110. The number of fused-ring (bicyclic) bond motifs is 15. The third-order valence-electron chi connectivity index (χ3n) is 22.8. The van der Waals surface area contributed by atoms with Crippen molar-refractivity contribution in [3.05, 3.63) is 183 Å². The Kier molecular flexibility index (Phi) is 27.7. The molecule has 9 aliphatic rings.